The van der Waals surface area contributed by atoms with E-state index in [0.29, 0.717) is 5.92 Å². The predicted octanol–water partition coefficient (Wildman–Crippen LogP) is 3.22. The first-order chi connectivity index (χ1) is 8.19. The van der Waals surface area contributed by atoms with Gasteiger partial charge in [-0.15, -0.1) is 0 Å². The second-order valence-corrected chi connectivity index (χ2v) is 5.56. The van der Waals surface area contributed by atoms with Gasteiger partial charge in [-0.3, -0.25) is 0 Å². The number of benzene rings is 1. The van der Waals surface area contributed by atoms with E-state index in [-0.39, 0.29) is 0 Å². The van der Waals surface area contributed by atoms with Crippen LogP contribution in [0.1, 0.15) is 42.7 Å². The third-order valence-electron chi connectivity index (χ3n) is 3.92. The van der Waals surface area contributed by atoms with Crippen molar-refractivity contribution in [2.75, 3.05) is 13.2 Å². The summed E-state index contributed by atoms with van der Waals surface area (Å²) in [6.45, 7) is 1.65. The maximum atomic E-state index is 10.0. The number of halogens is 1. The molecule has 2 nitrogen and oxygen atoms in total. The van der Waals surface area contributed by atoms with E-state index >= 15 is 0 Å². The van der Waals surface area contributed by atoms with Gasteiger partial charge in [0.2, 0.25) is 0 Å². The normalized spacial score (nSPS) is 23.6. The summed E-state index contributed by atoms with van der Waals surface area (Å²) in [4.78, 5) is 0. The summed E-state index contributed by atoms with van der Waals surface area (Å²) in [7, 11) is 0. The lowest BCUT2D eigenvalue weighted by Gasteiger charge is -2.24. The Labute approximate surface area is 107 Å². The van der Waals surface area contributed by atoms with Crippen LogP contribution >= 0.6 is 11.6 Å². The van der Waals surface area contributed by atoms with Gasteiger partial charge in [0.15, 0.2) is 0 Å². The number of ether oxygens (including phenoxy) is 1. The summed E-state index contributed by atoms with van der Waals surface area (Å²) in [5, 5.41) is 10.8. The number of rotatable bonds is 2. The van der Waals surface area contributed by atoms with E-state index < -0.39 is 5.60 Å². The van der Waals surface area contributed by atoms with Crippen molar-refractivity contribution in [2.24, 2.45) is 0 Å². The Hall–Kier alpha value is -0.570. The average molecular weight is 253 g/mol. The Morgan fingerprint density at radius 2 is 1.94 bits per heavy atom. The maximum absolute atomic E-state index is 10.0. The Balaban J connectivity index is 1.85. The lowest BCUT2D eigenvalue weighted by molar-refractivity contribution is 0.0853. The van der Waals surface area contributed by atoms with Gasteiger partial charge in [-0.2, -0.15) is 0 Å². The summed E-state index contributed by atoms with van der Waals surface area (Å²) in [5.41, 5.74) is 1.60. The summed E-state index contributed by atoms with van der Waals surface area (Å²) < 4.78 is 5.37. The molecule has 0 radical (unpaired) electrons. The van der Waals surface area contributed by atoms with Crippen LogP contribution in [0.5, 0.6) is 0 Å². The third kappa shape index (κ3) is 2.22. The SMILES string of the molecule is OC1(c2ccc(C3CCOCC3)c(Cl)c2)CC1. The highest BCUT2D eigenvalue weighted by Gasteiger charge is 2.42. The molecule has 0 spiro atoms. The highest BCUT2D eigenvalue weighted by atomic mass is 35.5. The van der Waals surface area contributed by atoms with Crippen LogP contribution in [0.4, 0.5) is 0 Å². The maximum Gasteiger partial charge on any atom is 0.0899 e. The molecule has 3 rings (SSSR count). The molecule has 0 bridgehead atoms. The Morgan fingerprint density at radius 1 is 1.24 bits per heavy atom. The van der Waals surface area contributed by atoms with Crippen LogP contribution in [0, 0.1) is 0 Å². The van der Waals surface area contributed by atoms with E-state index in [0.717, 1.165) is 49.5 Å². The molecule has 2 aliphatic rings. The molecule has 1 aliphatic carbocycles. The zero-order valence-electron chi connectivity index (χ0n) is 9.79. The zero-order valence-corrected chi connectivity index (χ0v) is 10.5. The molecule has 92 valence electrons. The van der Waals surface area contributed by atoms with Crippen molar-refractivity contribution in [3.63, 3.8) is 0 Å². The van der Waals surface area contributed by atoms with Crippen LogP contribution in [-0.4, -0.2) is 18.3 Å². The molecule has 1 aliphatic heterocycles. The van der Waals surface area contributed by atoms with Crippen molar-refractivity contribution in [1.29, 1.82) is 0 Å². The van der Waals surface area contributed by atoms with Gasteiger partial charge in [0.05, 0.1) is 5.60 Å². The van der Waals surface area contributed by atoms with Gasteiger partial charge in [-0.1, -0.05) is 23.7 Å². The van der Waals surface area contributed by atoms with Crippen molar-refractivity contribution in [3.8, 4) is 0 Å². The largest absolute Gasteiger partial charge is 0.385 e. The fourth-order valence-electron chi connectivity index (χ4n) is 2.56. The van der Waals surface area contributed by atoms with Gasteiger partial charge < -0.3 is 9.84 Å². The van der Waals surface area contributed by atoms with Gasteiger partial charge in [0.25, 0.3) is 0 Å². The van der Waals surface area contributed by atoms with Crippen molar-refractivity contribution >= 4 is 11.6 Å². The fourth-order valence-corrected chi connectivity index (χ4v) is 2.90. The van der Waals surface area contributed by atoms with Gasteiger partial charge in [-0.05, 0) is 48.8 Å². The van der Waals surface area contributed by atoms with E-state index in [1.807, 2.05) is 12.1 Å². The van der Waals surface area contributed by atoms with Crippen molar-refractivity contribution in [3.05, 3.63) is 34.3 Å². The van der Waals surface area contributed by atoms with Crippen LogP contribution in [0.2, 0.25) is 5.02 Å². The van der Waals surface area contributed by atoms with Crippen LogP contribution in [0.25, 0.3) is 0 Å². The highest BCUT2D eigenvalue weighted by molar-refractivity contribution is 6.31. The molecule has 1 aromatic carbocycles. The molecule has 0 aromatic heterocycles. The van der Waals surface area contributed by atoms with E-state index in [9.17, 15) is 5.11 Å². The zero-order chi connectivity index (χ0) is 11.9. The first kappa shape index (κ1) is 11.5. The lowest BCUT2D eigenvalue weighted by atomic mass is 9.90. The summed E-state index contributed by atoms with van der Waals surface area (Å²) in [5.74, 6) is 0.513. The van der Waals surface area contributed by atoms with Gasteiger partial charge in [0.1, 0.15) is 0 Å². The highest BCUT2D eigenvalue weighted by Crippen LogP contribution is 2.46. The van der Waals surface area contributed by atoms with Crippen LogP contribution < -0.4 is 0 Å². The van der Waals surface area contributed by atoms with E-state index in [1.165, 1.54) is 5.56 Å². The average Bonchev–Trinajstić information content (AvgIpc) is 3.10. The molecule has 0 amide bonds. The van der Waals surface area contributed by atoms with Crippen molar-refractivity contribution in [2.45, 2.75) is 37.2 Å². The Kier molecular flexibility index (Phi) is 2.89. The third-order valence-corrected chi connectivity index (χ3v) is 4.25. The molecule has 1 N–H and O–H groups in total. The molecule has 1 aromatic rings. The van der Waals surface area contributed by atoms with Gasteiger partial charge in [0, 0.05) is 18.2 Å². The number of hydrogen-bond donors (Lipinski definition) is 1. The Morgan fingerprint density at radius 3 is 2.53 bits per heavy atom. The molecule has 2 fully saturated rings. The van der Waals surface area contributed by atoms with Crippen molar-refractivity contribution < 1.29 is 9.84 Å². The summed E-state index contributed by atoms with van der Waals surface area (Å²) in [6, 6.07) is 6.06. The molecule has 17 heavy (non-hydrogen) atoms. The van der Waals surface area contributed by atoms with E-state index in [1.54, 1.807) is 0 Å². The molecular weight excluding hydrogens is 236 g/mol. The first-order valence-corrected chi connectivity index (χ1v) is 6.67. The standard InChI is InChI=1S/C14H17ClO2/c15-13-9-11(14(16)5-6-14)1-2-12(13)10-3-7-17-8-4-10/h1-2,9-10,16H,3-8H2. The molecule has 1 saturated carbocycles. The molecule has 1 saturated heterocycles. The second-order valence-electron chi connectivity index (χ2n) is 5.15. The molecular formula is C14H17ClO2. The molecule has 0 unspecified atom stereocenters. The van der Waals surface area contributed by atoms with E-state index in [2.05, 4.69) is 6.07 Å². The minimum atomic E-state index is -0.585. The fraction of sp³-hybridized carbons (Fsp3) is 0.571. The predicted molar refractivity (Wildman–Crippen MR) is 67.4 cm³/mol. The monoisotopic (exact) mass is 252 g/mol. The van der Waals surface area contributed by atoms with Crippen LogP contribution in [0.15, 0.2) is 18.2 Å². The van der Waals surface area contributed by atoms with Crippen LogP contribution in [-0.2, 0) is 10.3 Å². The van der Waals surface area contributed by atoms with Crippen molar-refractivity contribution in [1.82, 2.24) is 0 Å². The Bertz CT molecular complexity index is 420. The molecule has 3 heteroatoms. The quantitative estimate of drug-likeness (QED) is 0.876. The second kappa shape index (κ2) is 4.27. The minimum Gasteiger partial charge on any atom is -0.385 e. The number of aliphatic hydroxyl groups is 1. The summed E-state index contributed by atoms with van der Waals surface area (Å²) >= 11 is 6.34. The van der Waals surface area contributed by atoms with Gasteiger partial charge in [-0.25, -0.2) is 0 Å². The topological polar surface area (TPSA) is 29.5 Å². The summed E-state index contributed by atoms with van der Waals surface area (Å²) in [6.07, 6.45) is 3.81. The first-order valence-electron chi connectivity index (χ1n) is 6.29. The van der Waals surface area contributed by atoms with Crippen LogP contribution in [0.3, 0.4) is 0 Å². The number of hydrogen-bond acceptors (Lipinski definition) is 2. The lowest BCUT2D eigenvalue weighted by Crippen LogP contribution is -2.15. The van der Waals surface area contributed by atoms with Gasteiger partial charge >= 0.3 is 0 Å². The van der Waals surface area contributed by atoms with E-state index in [4.69, 9.17) is 16.3 Å². The minimum absolute atomic E-state index is 0.513. The molecule has 0 atom stereocenters. The smallest absolute Gasteiger partial charge is 0.0899 e. The molecule has 1 heterocycles.